The zero-order chi connectivity index (χ0) is 32.4. The number of phenolic OH excluding ortho intramolecular Hbond substituents is 1. The summed E-state index contributed by atoms with van der Waals surface area (Å²) in [6, 6.07) is 17.5. The number of nitrogens with zero attached hydrogens (tertiary/aromatic N) is 2. The van der Waals surface area contributed by atoms with E-state index < -0.39 is 0 Å². The van der Waals surface area contributed by atoms with Gasteiger partial charge >= 0.3 is 0 Å². The minimum absolute atomic E-state index is 0.0142. The largest absolute Gasteiger partial charge is 0.507 e. The lowest BCUT2D eigenvalue weighted by molar-refractivity contribution is 0.0982. The van der Waals surface area contributed by atoms with Crippen molar-refractivity contribution >= 4 is 56.6 Å². The lowest BCUT2D eigenvalue weighted by atomic mass is 9.94. The smallest absolute Gasteiger partial charge is 0.274 e. The summed E-state index contributed by atoms with van der Waals surface area (Å²) in [7, 11) is 1.58. The van der Waals surface area contributed by atoms with E-state index in [-0.39, 0.29) is 35.5 Å². The Morgan fingerprint density at radius 1 is 1.17 bits per heavy atom. The van der Waals surface area contributed by atoms with E-state index in [4.69, 9.17) is 25.8 Å². The molecule has 2 atom stereocenters. The number of alkyl halides is 1. The topological polar surface area (TPSA) is 126 Å². The quantitative estimate of drug-likeness (QED) is 0.106. The van der Waals surface area contributed by atoms with E-state index in [9.17, 15) is 14.7 Å². The normalized spacial score (nSPS) is 14.8. The van der Waals surface area contributed by atoms with E-state index in [0.717, 1.165) is 17.4 Å². The Morgan fingerprint density at radius 2 is 1.98 bits per heavy atom. The first-order valence-corrected chi connectivity index (χ1v) is 15.7. The van der Waals surface area contributed by atoms with Gasteiger partial charge in [-0.3, -0.25) is 9.59 Å². The highest BCUT2D eigenvalue weighted by Gasteiger charge is 2.36. The van der Waals surface area contributed by atoms with Gasteiger partial charge in [-0.2, -0.15) is 0 Å². The molecule has 1 unspecified atom stereocenters. The second-order valence-corrected chi connectivity index (χ2v) is 11.5. The van der Waals surface area contributed by atoms with Crippen LogP contribution in [0.2, 0.25) is 0 Å². The van der Waals surface area contributed by atoms with E-state index in [2.05, 4.69) is 15.3 Å². The summed E-state index contributed by atoms with van der Waals surface area (Å²) in [5.74, 6) is 0.865. The van der Waals surface area contributed by atoms with Crippen LogP contribution in [0.1, 0.15) is 52.6 Å². The first-order valence-electron chi connectivity index (χ1n) is 15.2. The molecule has 0 aliphatic carbocycles. The van der Waals surface area contributed by atoms with Crippen LogP contribution < -0.4 is 19.7 Å². The first-order chi connectivity index (χ1) is 22.3. The van der Waals surface area contributed by atoms with Crippen LogP contribution in [0.5, 0.6) is 17.2 Å². The molecule has 10 nitrogen and oxygen atoms in total. The Labute approximate surface area is 271 Å². The highest BCUT2D eigenvalue weighted by Crippen LogP contribution is 2.48. The molecular weight excluding hydrogens is 608 g/mol. The van der Waals surface area contributed by atoms with E-state index in [1.54, 1.807) is 54.5 Å². The molecule has 3 heterocycles. The molecule has 1 aliphatic rings. The number of rotatable bonds is 11. The number of aromatic amines is 1. The maximum atomic E-state index is 13.9. The molecule has 46 heavy (non-hydrogen) atoms. The number of pyridine rings is 1. The molecule has 0 bridgehead atoms. The van der Waals surface area contributed by atoms with Gasteiger partial charge in [0.15, 0.2) is 0 Å². The minimum atomic E-state index is -0.299. The molecule has 3 aromatic carbocycles. The van der Waals surface area contributed by atoms with Crippen LogP contribution in [-0.4, -0.2) is 65.7 Å². The fourth-order valence-corrected chi connectivity index (χ4v) is 6.14. The lowest BCUT2D eigenvalue weighted by Gasteiger charge is -2.18. The molecule has 2 aromatic heterocycles. The molecule has 0 radical (unpaired) electrons. The number of halogens is 1. The number of anilines is 2. The third-order valence-corrected chi connectivity index (χ3v) is 8.53. The predicted octanol–water partition coefficient (Wildman–Crippen LogP) is 6.86. The Balaban J connectivity index is 1.19. The summed E-state index contributed by atoms with van der Waals surface area (Å²) in [6.45, 7) is 5.58. The van der Waals surface area contributed by atoms with Crippen molar-refractivity contribution in [2.24, 2.45) is 0 Å². The number of carbonyl (C=O) groups is 2. The number of hydrogen-bond acceptors (Lipinski definition) is 7. The molecule has 5 aromatic rings. The molecule has 3 N–H and O–H groups in total. The van der Waals surface area contributed by atoms with Gasteiger partial charge in [0.25, 0.3) is 11.8 Å². The summed E-state index contributed by atoms with van der Waals surface area (Å²) in [5.41, 5.74) is 3.21. The highest BCUT2D eigenvalue weighted by atomic mass is 35.5. The zero-order valence-corrected chi connectivity index (χ0v) is 26.6. The standard InChI is InChI=1S/C35H35ClN4O6/c1-4-45-13-12-20(2)46-25-10-8-21(9-11-25)34(42)38-24-14-22-15-27(39-33(22)37-18-24)35(43)40-19-23(17-36)31-28(40)16-29(41)26-6-5-7-30(44-3)32(26)31/h5-11,14-16,18,20,23,41H,4,12-13,17,19H2,1-3H3,(H,37,39)(H,38,42)/t20?,23-/m1/s1. The summed E-state index contributed by atoms with van der Waals surface area (Å²) in [6.07, 6.45) is 2.29. The number of phenols is 1. The van der Waals surface area contributed by atoms with Crippen LogP contribution in [0.3, 0.4) is 0 Å². The van der Waals surface area contributed by atoms with Gasteiger partial charge in [-0.25, -0.2) is 4.98 Å². The van der Waals surface area contributed by atoms with Crippen molar-refractivity contribution in [3.63, 3.8) is 0 Å². The monoisotopic (exact) mass is 642 g/mol. The average molecular weight is 643 g/mol. The maximum absolute atomic E-state index is 13.9. The van der Waals surface area contributed by atoms with Crippen molar-refractivity contribution in [3.8, 4) is 17.2 Å². The number of methoxy groups -OCH3 is 1. The second kappa shape index (κ2) is 13.3. The fraction of sp³-hybridized carbons (Fsp3) is 0.286. The highest BCUT2D eigenvalue weighted by molar-refractivity contribution is 6.19. The van der Waals surface area contributed by atoms with Gasteiger partial charge in [-0.05, 0) is 61.9 Å². The SMILES string of the molecule is CCOCCC(C)Oc1ccc(C(=O)Nc2cnc3[nH]c(C(=O)N4C[C@@H](CCl)c5c4cc(O)c4cccc(OC)c54)cc3c2)cc1. The number of hydrogen-bond donors (Lipinski definition) is 3. The number of amides is 2. The van der Waals surface area contributed by atoms with Crippen molar-refractivity contribution in [1.29, 1.82) is 0 Å². The summed E-state index contributed by atoms with van der Waals surface area (Å²) in [4.78, 5) is 36.0. The van der Waals surface area contributed by atoms with Crippen LogP contribution in [-0.2, 0) is 4.74 Å². The van der Waals surface area contributed by atoms with Gasteiger partial charge in [0, 0.05) is 59.2 Å². The Kier molecular flexibility index (Phi) is 9.01. The van der Waals surface area contributed by atoms with E-state index >= 15 is 0 Å². The number of ether oxygens (including phenoxy) is 3. The van der Waals surface area contributed by atoms with Crippen LogP contribution in [0.15, 0.2) is 66.9 Å². The number of aromatic hydroxyl groups is 1. The molecular formula is C35H35ClN4O6. The molecule has 0 spiro atoms. The first kappa shape index (κ1) is 31.2. The molecule has 2 amide bonds. The second-order valence-electron chi connectivity index (χ2n) is 11.2. The summed E-state index contributed by atoms with van der Waals surface area (Å²) < 4.78 is 16.9. The molecule has 1 aliphatic heterocycles. The number of benzene rings is 3. The van der Waals surface area contributed by atoms with Crippen molar-refractivity contribution in [3.05, 3.63) is 83.7 Å². The third-order valence-electron chi connectivity index (χ3n) is 8.16. The van der Waals surface area contributed by atoms with Crippen LogP contribution in [0, 0.1) is 0 Å². The van der Waals surface area contributed by atoms with Gasteiger partial charge in [0.05, 0.1) is 37.4 Å². The molecule has 0 fully saturated rings. The Morgan fingerprint density at radius 3 is 2.72 bits per heavy atom. The van der Waals surface area contributed by atoms with Crippen molar-refractivity contribution in [1.82, 2.24) is 9.97 Å². The van der Waals surface area contributed by atoms with Crippen LogP contribution in [0.25, 0.3) is 21.8 Å². The van der Waals surface area contributed by atoms with Crippen molar-refractivity contribution < 1.29 is 28.9 Å². The summed E-state index contributed by atoms with van der Waals surface area (Å²) in [5, 5.41) is 15.8. The van der Waals surface area contributed by atoms with Crippen molar-refractivity contribution in [2.45, 2.75) is 32.3 Å². The van der Waals surface area contributed by atoms with Crippen LogP contribution >= 0.6 is 11.6 Å². The number of aromatic nitrogens is 2. The molecule has 6 rings (SSSR count). The average Bonchev–Trinajstić information content (AvgIpc) is 3.66. The van der Waals surface area contributed by atoms with Gasteiger partial charge in [0.2, 0.25) is 0 Å². The fourth-order valence-electron chi connectivity index (χ4n) is 5.89. The van der Waals surface area contributed by atoms with E-state index in [1.165, 1.54) is 6.20 Å². The van der Waals surface area contributed by atoms with Crippen LogP contribution in [0.4, 0.5) is 11.4 Å². The number of fused-ring (bicyclic) bond motifs is 4. The van der Waals surface area contributed by atoms with E-state index in [0.29, 0.717) is 70.3 Å². The number of H-pyrrole nitrogens is 1. The van der Waals surface area contributed by atoms with Crippen molar-refractivity contribution in [2.75, 3.05) is 43.0 Å². The maximum Gasteiger partial charge on any atom is 0.274 e. The van der Waals surface area contributed by atoms with Gasteiger partial charge in [-0.15, -0.1) is 11.6 Å². The molecule has 0 saturated carbocycles. The van der Waals surface area contributed by atoms with Gasteiger partial charge < -0.3 is 34.5 Å². The third kappa shape index (κ3) is 6.05. The summed E-state index contributed by atoms with van der Waals surface area (Å²) >= 11 is 6.40. The zero-order valence-electron chi connectivity index (χ0n) is 25.8. The predicted molar refractivity (Wildman–Crippen MR) is 179 cm³/mol. The van der Waals surface area contributed by atoms with E-state index in [1.807, 2.05) is 32.0 Å². The van der Waals surface area contributed by atoms with Gasteiger partial charge in [0.1, 0.15) is 28.6 Å². The van der Waals surface area contributed by atoms with Gasteiger partial charge in [-0.1, -0.05) is 12.1 Å². The Hall–Kier alpha value is -4.80. The number of carbonyl (C=O) groups excluding carboxylic acids is 2. The Bertz CT molecular complexity index is 1910. The molecule has 11 heteroatoms. The lowest BCUT2D eigenvalue weighted by Crippen LogP contribution is -2.30. The minimum Gasteiger partial charge on any atom is -0.507 e. The molecule has 238 valence electrons. The number of nitrogens with one attached hydrogen (secondary N) is 2. The molecule has 0 saturated heterocycles.